The van der Waals surface area contributed by atoms with E-state index >= 15 is 0 Å². The maximum atomic E-state index is 11.8. The highest BCUT2D eigenvalue weighted by atomic mass is 35.5. The van der Waals surface area contributed by atoms with E-state index in [-0.39, 0.29) is 22.7 Å². The van der Waals surface area contributed by atoms with Crippen molar-refractivity contribution in [3.63, 3.8) is 0 Å². The van der Waals surface area contributed by atoms with Crippen LogP contribution in [-0.4, -0.2) is 41.2 Å². The molecule has 2 aliphatic carbocycles. The SMILES string of the molecule is CN1CC[C@@]23CCCC[C@@H]2[C@@H]1Cc1cc([N+](=O)[O-])c(NC(=O)CCl)cc13. The van der Waals surface area contributed by atoms with Crippen LogP contribution in [0.2, 0.25) is 0 Å². The molecule has 0 aromatic heterocycles. The van der Waals surface area contributed by atoms with Crippen LogP contribution >= 0.6 is 11.6 Å². The number of benzene rings is 1. The molecule has 0 unspecified atom stereocenters. The van der Waals surface area contributed by atoms with Crippen LogP contribution in [0.1, 0.15) is 43.2 Å². The zero-order valence-electron chi connectivity index (χ0n) is 15.0. The number of alkyl halides is 1. The first-order chi connectivity index (χ1) is 12.5. The molecule has 3 aliphatic rings. The summed E-state index contributed by atoms with van der Waals surface area (Å²) in [4.78, 5) is 25.4. The molecule has 4 rings (SSSR count). The van der Waals surface area contributed by atoms with Crippen molar-refractivity contribution >= 4 is 28.9 Å². The number of piperidine rings is 1. The van der Waals surface area contributed by atoms with Gasteiger partial charge in [-0.25, -0.2) is 0 Å². The van der Waals surface area contributed by atoms with E-state index in [0.717, 1.165) is 31.4 Å². The molecular weight excluding hydrogens is 354 g/mol. The van der Waals surface area contributed by atoms with Crippen LogP contribution in [0.4, 0.5) is 11.4 Å². The summed E-state index contributed by atoms with van der Waals surface area (Å²) in [7, 11) is 2.18. The quantitative estimate of drug-likeness (QED) is 0.497. The Morgan fingerprint density at radius 3 is 2.96 bits per heavy atom. The molecule has 7 heteroatoms. The Kier molecular flexibility index (Phi) is 4.43. The fraction of sp³-hybridized carbons (Fsp3) is 0.632. The molecule has 26 heavy (non-hydrogen) atoms. The van der Waals surface area contributed by atoms with E-state index in [0.29, 0.717) is 12.0 Å². The number of nitro groups is 1. The van der Waals surface area contributed by atoms with E-state index in [1.165, 1.54) is 24.8 Å². The number of hydrogen-bond donors (Lipinski definition) is 1. The number of nitrogens with zero attached hydrogens (tertiary/aromatic N) is 2. The predicted molar refractivity (Wildman–Crippen MR) is 101 cm³/mol. The molecule has 1 aliphatic heterocycles. The van der Waals surface area contributed by atoms with Crippen molar-refractivity contribution in [2.45, 2.75) is 50.0 Å². The fourth-order valence-corrected chi connectivity index (χ4v) is 5.74. The molecule has 1 N–H and O–H groups in total. The molecular formula is C19H24ClN3O3. The first-order valence-electron chi connectivity index (χ1n) is 9.34. The van der Waals surface area contributed by atoms with Gasteiger partial charge in [0.25, 0.3) is 5.69 Å². The molecule has 0 spiro atoms. The van der Waals surface area contributed by atoms with Crippen LogP contribution in [0.5, 0.6) is 0 Å². The normalized spacial score (nSPS) is 30.2. The Balaban J connectivity index is 1.87. The van der Waals surface area contributed by atoms with E-state index in [1.807, 2.05) is 6.07 Å². The topological polar surface area (TPSA) is 75.5 Å². The van der Waals surface area contributed by atoms with Crippen molar-refractivity contribution in [3.05, 3.63) is 33.4 Å². The smallest absolute Gasteiger partial charge is 0.293 e. The molecule has 1 aromatic rings. The minimum Gasteiger partial charge on any atom is -0.319 e. The average molecular weight is 378 g/mol. The molecule has 2 fully saturated rings. The second-order valence-electron chi connectivity index (χ2n) is 7.98. The van der Waals surface area contributed by atoms with E-state index < -0.39 is 10.8 Å². The van der Waals surface area contributed by atoms with Crippen LogP contribution in [0.3, 0.4) is 0 Å². The van der Waals surface area contributed by atoms with Gasteiger partial charge in [-0.3, -0.25) is 14.9 Å². The summed E-state index contributed by atoms with van der Waals surface area (Å²) in [6, 6.07) is 4.04. The second-order valence-corrected chi connectivity index (χ2v) is 8.24. The molecule has 0 radical (unpaired) electrons. The second kappa shape index (κ2) is 6.50. The van der Waals surface area contributed by atoms with Gasteiger partial charge in [-0.05, 0) is 62.4 Å². The van der Waals surface area contributed by atoms with Crippen molar-refractivity contribution in [1.29, 1.82) is 0 Å². The average Bonchev–Trinajstić information content (AvgIpc) is 2.64. The van der Waals surface area contributed by atoms with Gasteiger partial charge in [-0.15, -0.1) is 11.6 Å². The number of amides is 1. The standard InChI is InChI=1S/C19H24ClN3O3/c1-22-7-6-19-5-3-2-4-13(19)16(22)8-12-9-17(23(25)26)15(10-14(12)19)21-18(24)11-20/h9-10,13,16H,2-8,11H2,1H3,(H,21,24)/t13-,16+,19+/m1/s1. The fourth-order valence-electron chi connectivity index (χ4n) is 5.68. The predicted octanol–water partition coefficient (Wildman–Crippen LogP) is 3.46. The largest absolute Gasteiger partial charge is 0.319 e. The summed E-state index contributed by atoms with van der Waals surface area (Å²) in [6.07, 6.45) is 6.74. The summed E-state index contributed by atoms with van der Waals surface area (Å²) in [5, 5.41) is 14.2. The van der Waals surface area contributed by atoms with Crippen LogP contribution in [0, 0.1) is 16.0 Å². The maximum absolute atomic E-state index is 11.8. The molecule has 1 heterocycles. The van der Waals surface area contributed by atoms with Gasteiger partial charge >= 0.3 is 0 Å². The molecule has 3 atom stereocenters. The number of nitro benzene ring substituents is 1. The number of hydrogen-bond acceptors (Lipinski definition) is 4. The lowest BCUT2D eigenvalue weighted by atomic mass is 9.52. The summed E-state index contributed by atoms with van der Waals surface area (Å²) in [6.45, 7) is 1.06. The van der Waals surface area contributed by atoms with Crippen molar-refractivity contribution in [2.75, 3.05) is 24.8 Å². The number of nitrogens with one attached hydrogen (secondary N) is 1. The molecule has 1 saturated heterocycles. The summed E-state index contributed by atoms with van der Waals surface area (Å²) in [5.41, 5.74) is 2.65. The van der Waals surface area contributed by atoms with E-state index in [1.54, 1.807) is 6.07 Å². The summed E-state index contributed by atoms with van der Waals surface area (Å²) in [5.74, 6) is -0.0282. The monoisotopic (exact) mass is 377 g/mol. The van der Waals surface area contributed by atoms with E-state index in [9.17, 15) is 14.9 Å². The third-order valence-corrected chi connectivity index (χ3v) is 7.06. The number of halogens is 1. The zero-order valence-corrected chi connectivity index (χ0v) is 15.7. The highest BCUT2D eigenvalue weighted by molar-refractivity contribution is 6.29. The van der Waals surface area contributed by atoms with Gasteiger partial charge in [0.1, 0.15) is 11.6 Å². The van der Waals surface area contributed by atoms with Gasteiger partial charge in [0.2, 0.25) is 5.91 Å². The van der Waals surface area contributed by atoms with E-state index in [2.05, 4.69) is 17.3 Å². The Morgan fingerprint density at radius 1 is 1.42 bits per heavy atom. The summed E-state index contributed by atoms with van der Waals surface area (Å²) < 4.78 is 0. The van der Waals surface area contributed by atoms with Crippen molar-refractivity contribution in [2.24, 2.45) is 5.92 Å². The Bertz CT molecular complexity index is 769. The van der Waals surface area contributed by atoms with Crippen LogP contribution in [-0.2, 0) is 16.6 Å². The number of carbonyl (C=O) groups excluding carboxylic acids is 1. The highest BCUT2D eigenvalue weighted by Gasteiger charge is 2.53. The van der Waals surface area contributed by atoms with Gasteiger partial charge < -0.3 is 10.2 Å². The first-order valence-corrected chi connectivity index (χ1v) is 9.87. The number of carbonyl (C=O) groups is 1. The first kappa shape index (κ1) is 17.7. The molecule has 6 nitrogen and oxygen atoms in total. The van der Waals surface area contributed by atoms with Crippen LogP contribution in [0.15, 0.2) is 12.1 Å². The minimum absolute atomic E-state index is 0.0337. The minimum atomic E-state index is -0.413. The van der Waals surface area contributed by atoms with Gasteiger partial charge in [0.15, 0.2) is 0 Å². The van der Waals surface area contributed by atoms with Crippen molar-refractivity contribution in [1.82, 2.24) is 4.90 Å². The summed E-state index contributed by atoms with van der Waals surface area (Å²) >= 11 is 5.60. The number of likely N-dealkylation sites (tertiary alicyclic amines) is 1. The van der Waals surface area contributed by atoms with Crippen molar-refractivity contribution < 1.29 is 9.72 Å². The molecule has 140 valence electrons. The molecule has 2 bridgehead atoms. The zero-order chi connectivity index (χ0) is 18.5. The lowest BCUT2D eigenvalue weighted by Crippen LogP contribution is -2.59. The number of anilines is 1. The molecule has 1 aromatic carbocycles. The number of fused-ring (bicyclic) bond motifs is 1. The van der Waals surface area contributed by atoms with Gasteiger partial charge in [0, 0.05) is 17.5 Å². The maximum Gasteiger partial charge on any atom is 0.293 e. The Labute approximate surface area is 158 Å². The van der Waals surface area contributed by atoms with Crippen LogP contribution < -0.4 is 5.32 Å². The van der Waals surface area contributed by atoms with Gasteiger partial charge in [-0.2, -0.15) is 0 Å². The van der Waals surface area contributed by atoms with E-state index in [4.69, 9.17) is 11.6 Å². The Hall–Kier alpha value is -1.66. The van der Waals surface area contributed by atoms with Crippen LogP contribution in [0.25, 0.3) is 0 Å². The van der Waals surface area contributed by atoms with Gasteiger partial charge in [0.05, 0.1) is 4.92 Å². The number of rotatable bonds is 3. The van der Waals surface area contributed by atoms with Gasteiger partial charge in [-0.1, -0.05) is 12.8 Å². The van der Waals surface area contributed by atoms with Crippen molar-refractivity contribution in [3.8, 4) is 0 Å². The third kappa shape index (κ3) is 2.62. The highest BCUT2D eigenvalue weighted by Crippen LogP contribution is 2.56. The lowest BCUT2D eigenvalue weighted by Gasteiger charge is -2.58. The number of likely N-dealkylation sites (N-methyl/N-ethyl adjacent to an activating group) is 1. The molecule has 1 amide bonds. The lowest BCUT2D eigenvalue weighted by molar-refractivity contribution is -0.384. The Morgan fingerprint density at radius 2 is 2.23 bits per heavy atom. The molecule has 1 saturated carbocycles. The third-order valence-electron chi connectivity index (χ3n) is 6.82.